The summed E-state index contributed by atoms with van der Waals surface area (Å²) in [6.07, 6.45) is 0. The predicted molar refractivity (Wildman–Crippen MR) is 74.4 cm³/mol. The summed E-state index contributed by atoms with van der Waals surface area (Å²) < 4.78 is 1.32. The number of nitrogens with one attached hydrogen (secondary N) is 1. The molecule has 3 aromatic heterocycles. The highest BCUT2D eigenvalue weighted by Gasteiger charge is 2.12. The van der Waals surface area contributed by atoms with E-state index in [4.69, 9.17) is 0 Å². The van der Waals surface area contributed by atoms with Gasteiger partial charge in [0.15, 0.2) is 11.5 Å². The number of fused-ring (bicyclic) bond motifs is 3. The number of benzene rings is 1. The second-order valence-electron chi connectivity index (χ2n) is 4.13. The zero-order valence-corrected chi connectivity index (χ0v) is 10.5. The maximum absolute atomic E-state index is 11.9. The average Bonchev–Trinajstić information content (AvgIpc) is 3.05. The first-order valence-electron chi connectivity index (χ1n) is 5.74. The normalized spacial score (nSPS) is 11.4. The van der Waals surface area contributed by atoms with Crippen LogP contribution in [0.4, 0.5) is 0 Å². The Kier molecular flexibility index (Phi) is 2.07. The van der Waals surface area contributed by atoms with E-state index >= 15 is 0 Å². The fourth-order valence-corrected chi connectivity index (χ4v) is 2.84. The summed E-state index contributed by atoms with van der Waals surface area (Å²) in [5, 5.41) is 7.12. The van der Waals surface area contributed by atoms with Crippen molar-refractivity contribution in [1.29, 1.82) is 0 Å². The number of thiophene rings is 1. The predicted octanol–water partition coefficient (Wildman–Crippen LogP) is 2.30. The first-order valence-corrected chi connectivity index (χ1v) is 6.62. The van der Waals surface area contributed by atoms with Crippen LogP contribution in [0.5, 0.6) is 0 Å². The van der Waals surface area contributed by atoms with Crippen molar-refractivity contribution in [3.8, 4) is 11.4 Å². The van der Waals surface area contributed by atoms with Crippen molar-refractivity contribution in [2.75, 3.05) is 0 Å². The van der Waals surface area contributed by atoms with Crippen LogP contribution in [-0.2, 0) is 0 Å². The van der Waals surface area contributed by atoms with Gasteiger partial charge in [0.05, 0.1) is 5.39 Å². The van der Waals surface area contributed by atoms with Gasteiger partial charge in [0.25, 0.3) is 0 Å². The van der Waals surface area contributed by atoms with E-state index in [2.05, 4.69) is 15.1 Å². The van der Waals surface area contributed by atoms with Gasteiger partial charge in [0.1, 0.15) is 4.83 Å². The molecule has 92 valence electrons. The van der Waals surface area contributed by atoms with Gasteiger partial charge in [-0.05, 0) is 11.4 Å². The molecule has 1 aromatic carbocycles. The molecular weight excluding hydrogens is 260 g/mol. The number of hydrogen-bond donors (Lipinski definition) is 1. The lowest BCUT2D eigenvalue weighted by Crippen LogP contribution is -2.16. The number of rotatable bonds is 1. The van der Waals surface area contributed by atoms with E-state index in [0.29, 0.717) is 11.5 Å². The van der Waals surface area contributed by atoms with Crippen LogP contribution in [0.1, 0.15) is 0 Å². The van der Waals surface area contributed by atoms with Crippen LogP contribution >= 0.6 is 11.3 Å². The first kappa shape index (κ1) is 10.5. The molecule has 0 amide bonds. The summed E-state index contributed by atoms with van der Waals surface area (Å²) in [5.74, 6) is 0.560. The van der Waals surface area contributed by atoms with Crippen molar-refractivity contribution in [3.63, 3.8) is 0 Å². The van der Waals surface area contributed by atoms with Gasteiger partial charge in [-0.1, -0.05) is 30.3 Å². The summed E-state index contributed by atoms with van der Waals surface area (Å²) in [6.45, 7) is 0. The number of nitrogens with zero attached hydrogens (tertiary/aromatic N) is 3. The van der Waals surface area contributed by atoms with Crippen molar-refractivity contribution in [2.24, 2.45) is 0 Å². The minimum atomic E-state index is -0.264. The lowest BCUT2D eigenvalue weighted by atomic mass is 10.2. The van der Waals surface area contributed by atoms with Crippen LogP contribution in [0.2, 0.25) is 0 Å². The molecule has 0 aliphatic carbocycles. The maximum atomic E-state index is 11.9. The quantitative estimate of drug-likeness (QED) is 0.576. The number of hydrogen-bond acceptors (Lipinski definition) is 4. The van der Waals surface area contributed by atoms with Crippen LogP contribution in [0, 0.1) is 0 Å². The van der Waals surface area contributed by atoms with Crippen LogP contribution in [0.25, 0.3) is 27.3 Å². The zero-order chi connectivity index (χ0) is 12.8. The third kappa shape index (κ3) is 1.50. The average molecular weight is 268 g/mol. The molecule has 19 heavy (non-hydrogen) atoms. The molecule has 5 nitrogen and oxygen atoms in total. The highest BCUT2D eigenvalue weighted by Crippen LogP contribution is 2.22. The van der Waals surface area contributed by atoms with Gasteiger partial charge in [0.2, 0.25) is 0 Å². The molecule has 3 heterocycles. The van der Waals surface area contributed by atoms with Gasteiger partial charge >= 0.3 is 5.69 Å². The van der Waals surface area contributed by atoms with Gasteiger partial charge < -0.3 is 0 Å². The lowest BCUT2D eigenvalue weighted by Gasteiger charge is -1.91. The molecule has 0 aliphatic heterocycles. The fraction of sp³-hybridized carbons (Fsp3) is 0. The Morgan fingerprint density at radius 2 is 2.00 bits per heavy atom. The van der Waals surface area contributed by atoms with Gasteiger partial charge in [-0.3, -0.25) is 4.98 Å². The Labute approximate surface area is 111 Å². The molecule has 0 saturated carbocycles. The molecule has 4 rings (SSSR count). The summed E-state index contributed by atoms with van der Waals surface area (Å²) in [6, 6.07) is 11.6. The van der Waals surface area contributed by atoms with E-state index < -0.39 is 0 Å². The molecule has 0 spiro atoms. The van der Waals surface area contributed by atoms with Crippen molar-refractivity contribution < 1.29 is 0 Å². The Balaban J connectivity index is 2.11. The largest absolute Gasteiger partial charge is 0.349 e. The second kappa shape index (κ2) is 3.76. The van der Waals surface area contributed by atoms with Crippen LogP contribution in [0.15, 0.2) is 46.6 Å². The summed E-state index contributed by atoms with van der Waals surface area (Å²) in [7, 11) is 0. The number of H-pyrrole nitrogens is 1. The van der Waals surface area contributed by atoms with Gasteiger partial charge in [-0.15, -0.1) is 16.4 Å². The minimum absolute atomic E-state index is 0.264. The molecule has 6 heteroatoms. The summed E-state index contributed by atoms with van der Waals surface area (Å²) in [4.78, 5) is 20.1. The van der Waals surface area contributed by atoms with Crippen molar-refractivity contribution in [2.45, 2.75) is 0 Å². The van der Waals surface area contributed by atoms with Crippen LogP contribution < -0.4 is 5.69 Å². The molecule has 0 atom stereocenters. The summed E-state index contributed by atoms with van der Waals surface area (Å²) in [5.41, 5.74) is 1.23. The highest BCUT2D eigenvalue weighted by atomic mass is 32.1. The molecule has 1 N–H and O–H groups in total. The number of aromatic nitrogens is 4. The number of aromatic amines is 1. The molecule has 0 bridgehead atoms. The molecular formula is C13H8N4OS. The van der Waals surface area contributed by atoms with Gasteiger partial charge in [-0.25, -0.2) is 9.78 Å². The molecule has 4 aromatic rings. The highest BCUT2D eigenvalue weighted by molar-refractivity contribution is 7.16. The minimum Gasteiger partial charge on any atom is -0.297 e. The molecule has 0 unspecified atom stereocenters. The molecule has 0 fully saturated rings. The van der Waals surface area contributed by atoms with Crippen molar-refractivity contribution >= 4 is 27.2 Å². The summed E-state index contributed by atoms with van der Waals surface area (Å²) >= 11 is 1.48. The Morgan fingerprint density at radius 3 is 2.84 bits per heavy atom. The Bertz CT molecular complexity index is 936. The second-order valence-corrected chi connectivity index (χ2v) is 5.05. The van der Waals surface area contributed by atoms with Crippen molar-refractivity contribution in [1.82, 2.24) is 19.6 Å². The maximum Gasteiger partial charge on any atom is 0.349 e. The van der Waals surface area contributed by atoms with Gasteiger partial charge in [-0.2, -0.15) is 4.52 Å². The van der Waals surface area contributed by atoms with Crippen LogP contribution in [0.3, 0.4) is 0 Å². The van der Waals surface area contributed by atoms with E-state index in [1.807, 2.05) is 41.8 Å². The van der Waals surface area contributed by atoms with E-state index in [1.165, 1.54) is 15.9 Å². The lowest BCUT2D eigenvalue weighted by molar-refractivity contribution is 0.887. The monoisotopic (exact) mass is 268 g/mol. The molecule has 0 radical (unpaired) electrons. The van der Waals surface area contributed by atoms with Gasteiger partial charge in [0, 0.05) is 5.56 Å². The topological polar surface area (TPSA) is 63.0 Å². The Morgan fingerprint density at radius 1 is 1.16 bits per heavy atom. The van der Waals surface area contributed by atoms with E-state index in [9.17, 15) is 4.79 Å². The first-order chi connectivity index (χ1) is 9.33. The zero-order valence-electron chi connectivity index (χ0n) is 9.70. The standard InChI is InChI=1S/C13H8N4OS/c18-13-15-12-9(6-7-19-12)11-14-10(16-17(11)13)8-4-2-1-3-5-8/h1-7H,(H,15,18). The van der Waals surface area contributed by atoms with Crippen molar-refractivity contribution in [3.05, 3.63) is 52.3 Å². The van der Waals surface area contributed by atoms with E-state index in [-0.39, 0.29) is 5.69 Å². The van der Waals surface area contributed by atoms with Crippen LogP contribution in [-0.4, -0.2) is 19.6 Å². The Hall–Kier alpha value is -2.47. The van der Waals surface area contributed by atoms with E-state index in [1.54, 1.807) is 0 Å². The third-order valence-corrected chi connectivity index (χ3v) is 3.79. The molecule has 0 aliphatic rings. The SMILES string of the molecule is O=c1[nH]c2sccc2c2nc(-c3ccccc3)nn12. The molecule has 0 saturated heterocycles. The third-order valence-electron chi connectivity index (χ3n) is 2.96. The van der Waals surface area contributed by atoms with E-state index in [0.717, 1.165) is 15.8 Å². The fourth-order valence-electron chi connectivity index (χ4n) is 2.07. The smallest absolute Gasteiger partial charge is 0.297 e.